The second-order valence-corrected chi connectivity index (χ2v) is 3.69. The molecule has 0 aliphatic heterocycles. The minimum absolute atomic E-state index is 0.108. The van der Waals surface area contributed by atoms with Gasteiger partial charge in [0.25, 0.3) is 6.43 Å². The van der Waals surface area contributed by atoms with E-state index in [1.54, 1.807) is 13.8 Å². The third kappa shape index (κ3) is 3.02. The zero-order valence-electron chi connectivity index (χ0n) is 10.2. The van der Waals surface area contributed by atoms with Crippen LogP contribution in [0.1, 0.15) is 48.7 Å². The van der Waals surface area contributed by atoms with Gasteiger partial charge in [-0.1, -0.05) is 6.92 Å². The molecule has 0 N–H and O–H groups in total. The summed E-state index contributed by atoms with van der Waals surface area (Å²) in [5.41, 5.74) is 0.636. The van der Waals surface area contributed by atoms with Crippen molar-refractivity contribution in [3.05, 3.63) is 28.8 Å². The summed E-state index contributed by atoms with van der Waals surface area (Å²) in [5.74, 6) is 0.147. The highest BCUT2D eigenvalue weighted by molar-refractivity contribution is 5.94. The molecule has 0 amide bonds. The number of rotatable bonds is 5. The van der Waals surface area contributed by atoms with Crippen molar-refractivity contribution in [2.45, 2.75) is 33.6 Å². The standard InChI is InChI=1S/C13H16F2O2/c1-4-10-11(13(14)15)6-9(8(3)16)7-12(10)17-5-2/h6-7,13H,4-5H2,1-3H3. The monoisotopic (exact) mass is 242 g/mol. The van der Waals surface area contributed by atoms with E-state index >= 15 is 0 Å². The minimum Gasteiger partial charge on any atom is -0.494 e. The Labute approximate surface area is 99.6 Å². The van der Waals surface area contributed by atoms with E-state index < -0.39 is 6.43 Å². The SMILES string of the molecule is CCOc1cc(C(C)=O)cc(C(F)F)c1CC. The first-order valence-corrected chi connectivity index (χ1v) is 5.59. The fraction of sp³-hybridized carbons (Fsp3) is 0.462. The van der Waals surface area contributed by atoms with Crippen LogP contribution >= 0.6 is 0 Å². The van der Waals surface area contributed by atoms with Crippen molar-refractivity contribution in [3.63, 3.8) is 0 Å². The molecule has 0 saturated carbocycles. The zero-order valence-corrected chi connectivity index (χ0v) is 10.2. The van der Waals surface area contributed by atoms with Gasteiger partial charge in [0.1, 0.15) is 5.75 Å². The second kappa shape index (κ2) is 5.75. The lowest BCUT2D eigenvalue weighted by atomic mass is 9.99. The number of ketones is 1. The summed E-state index contributed by atoms with van der Waals surface area (Å²) >= 11 is 0. The molecule has 1 aromatic rings. The third-order valence-corrected chi connectivity index (χ3v) is 2.54. The number of alkyl halides is 2. The largest absolute Gasteiger partial charge is 0.494 e. The van der Waals surface area contributed by atoms with Crippen LogP contribution in [-0.2, 0) is 6.42 Å². The Bertz CT molecular complexity index is 414. The van der Waals surface area contributed by atoms with E-state index in [1.807, 2.05) is 0 Å². The number of carbonyl (C=O) groups is 1. The first-order chi connectivity index (χ1) is 8.01. The summed E-state index contributed by atoms with van der Waals surface area (Å²) in [6.07, 6.45) is -2.14. The van der Waals surface area contributed by atoms with Gasteiger partial charge in [-0.15, -0.1) is 0 Å². The van der Waals surface area contributed by atoms with E-state index in [1.165, 1.54) is 19.1 Å². The van der Waals surface area contributed by atoms with Crippen molar-refractivity contribution in [2.24, 2.45) is 0 Å². The van der Waals surface area contributed by atoms with Crippen molar-refractivity contribution in [2.75, 3.05) is 6.61 Å². The number of halogens is 2. The first kappa shape index (κ1) is 13.6. The van der Waals surface area contributed by atoms with Crippen molar-refractivity contribution >= 4 is 5.78 Å². The number of hydrogen-bond acceptors (Lipinski definition) is 2. The summed E-state index contributed by atoms with van der Waals surface area (Å²) in [6, 6.07) is 2.80. The van der Waals surface area contributed by atoms with Crippen LogP contribution in [0.2, 0.25) is 0 Å². The highest BCUT2D eigenvalue weighted by Crippen LogP contribution is 2.32. The second-order valence-electron chi connectivity index (χ2n) is 3.69. The van der Waals surface area contributed by atoms with E-state index in [9.17, 15) is 13.6 Å². The maximum Gasteiger partial charge on any atom is 0.264 e. The molecule has 0 heterocycles. The number of carbonyl (C=O) groups excluding carboxylic acids is 1. The fourth-order valence-corrected chi connectivity index (χ4v) is 1.73. The lowest BCUT2D eigenvalue weighted by Gasteiger charge is -2.15. The zero-order chi connectivity index (χ0) is 13.0. The molecule has 17 heavy (non-hydrogen) atoms. The van der Waals surface area contributed by atoms with Gasteiger partial charge in [0.05, 0.1) is 6.61 Å². The normalized spacial score (nSPS) is 10.7. The van der Waals surface area contributed by atoms with Crippen LogP contribution in [0.15, 0.2) is 12.1 Å². The molecule has 2 nitrogen and oxygen atoms in total. The van der Waals surface area contributed by atoms with Crippen LogP contribution < -0.4 is 4.74 Å². The molecule has 0 aromatic heterocycles. The fourth-order valence-electron chi connectivity index (χ4n) is 1.73. The molecule has 0 aliphatic rings. The van der Waals surface area contributed by atoms with Gasteiger partial charge in [0.15, 0.2) is 5.78 Å². The van der Waals surface area contributed by atoms with Gasteiger partial charge in [0.2, 0.25) is 0 Å². The van der Waals surface area contributed by atoms with E-state index in [2.05, 4.69) is 0 Å². The van der Waals surface area contributed by atoms with Gasteiger partial charge >= 0.3 is 0 Å². The molecule has 0 aliphatic carbocycles. The molecular formula is C13H16F2O2. The Hall–Kier alpha value is -1.45. The summed E-state index contributed by atoms with van der Waals surface area (Å²) in [6.45, 7) is 5.31. The Morgan fingerprint density at radius 1 is 1.35 bits per heavy atom. The van der Waals surface area contributed by atoms with Gasteiger partial charge in [0, 0.05) is 16.7 Å². The lowest BCUT2D eigenvalue weighted by Crippen LogP contribution is -2.04. The molecule has 0 unspecified atom stereocenters. The topological polar surface area (TPSA) is 26.3 Å². The smallest absolute Gasteiger partial charge is 0.264 e. The highest BCUT2D eigenvalue weighted by atomic mass is 19.3. The molecule has 0 atom stereocenters. The summed E-state index contributed by atoms with van der Waals surface area (Å²) in [7, 11) is 0. The Balaban J connectivity index is 3.39. The number of hydrogen-bond donors (Lipinski definition) is 0. The summed E-state index contributed by atoms with van der Waals surface area (Å²) < 4.78 is 31.1. The molecule has 0 spiro atoms. The van der Waals surface area contributed by atoms with Crippen LogP contribution in [-0.4, -0.2) is 12.4 Å². The van der Waals surface area contributed by atoms with Gasteiger partial charge in [-0.3, -0.25) is 4.79 Å². The van der Waals surface area contributed by atoms with Gasteiger partial charge in [-0.25, -0.2) is 8.78 Å². The predicted octanol–water partition coefficient (Wildman–Crippen LogP) is 3.79. The Kier molecular flexibility index (Phi) is 4.61. The van der Waals surface area contributed by atoms with Crippen LogP contribution in [0, 0.1) is 0 Å². The summed E-state index contributed by atoms with van der Waals surface area (Å²) in [4.78, 5) is 11.3. The van der Waals surface area contributed by atoms with E-state index in [4.69, 9.17) is 4.74 Å². The molecule has 94 valence electrons. The third-order valence-electron chi connectivity index (χ3n) is 2.54. The van der Waals surface area contributed by atoms with E-state index in [-0.39, 0.29) is 16.9 Å². The quantitative estimate of drug-likeness (QED) is 0.734. The molecule has 1 rings (SSSR count). The Morgan fingerprint density at radius 3 is 2.41 bits per heavy atom. The van der Waals surface area contributed by atoms with Crippen molar-refractivity contribution in [1.82, 2.24) is 0 Å². The molecule has 0 saturated heterocycles. The number of benzene rings is 1. The molecule has 0 radical (unpaired) electrons. The van der Waals surface area contributed by atoms with Crippen molar-refractivity contribution in [3.8, 4) is 5.75 Å². The molecule has 4 heteroatoms. The molecule has 0 bridgehead atoms. The van der Waals surface area contributed by atoms with E-state index in [0.29, 0.717) is 24.3 Å². The van der Waals surface area contributed by atoms with Crippen LogP contribution in [0.25, 0.3) is 0 Å². The number of ether oxygens (including phenoxy) is 1. The van der Waals surface area contributed by atoms with Crippen LogP contribution in [0.3, 0.4) is 0 Å². The lowest BCUT2D eigenvalue weighted by molar-refractivity contribution is 0.101. The van der Waals surface area contributed by atoms with Gasteiger partial charge < -0.3 is 4.74 Å². The average Bonchev–Trinajstić information content (AvgIpc) is 2.28. The van der Waals surface area contributed by atoms with Gasteiger partial charge in [-0.05, 0) is 32.4 Å². The van der Waals surface area contributed by atoms with Crippen LogP contribution in [0.5, 0.6) is 5.75 Å². The van der Waals surface area contributed by atoms with Crippen molar-refractivity contribution in [1.29, 1.82) is 0 Å². The maximum absolute atomic E-state index is 12.9. The minimum atomic E-state index is -2.59. The average molecular weight is 242 g/mol. The van der Waals surface area contributed by atoms with Gasteiger partial charge in [-0.2, -0.15) is 0 Å². The highest BCUT2D eigenvalue weighted by Gasteiger charge is 2.18. The summed E-state index contributed by atoms with van der Waals surface area (Å²) in [5, 5.41) is 0. The van der Waals surface area contributed by atoms with Crippen LogP contribution in [0.4, 0.5) is 8.78 Å². The van der Waals surface area contributed by atoms with Crippen molar-refractivity contribution < 1.29 is 18.3 Å². The molecule has 1 aromatic carbocycles. The molecular weight excluding hydrogens is 226 g/mol. The molecule has 0 fully saturated rings. The Morgan fingerprint density at radius 2 is 2.00 bits per heavy atom. The van der Waals surface area contributed by atoms with E-state index in [0.717, 1.165) is 0 Å². The maximum atomic E-state index is 12.9. The number of Topliss-reactive ketones (excluding diaryl/α,β-unsaturated/α-hetero) is 1. The first-order valence-electron chi connectivity index (χ1n) is 5.59. The predicted molar refractivity (Wildman–Crippen MR) is 62.0 cm³/mol.